The van der Waals surface area contributed by atoms with Gasteiger partial charge in [0.05, 0.1) is 0 Å². The molecule has 0 saturated heterocycles. The van der Waals surface area contributed by atoms with Crippen LogP contribution >= 0.6 is 11.3 Å². The third kappa shape index (κ3) is 1.98. The number of rotatable bonds is 4. The predicted octanol–water partition coefficient (Wildman–Crippen LogP) is 3.09. The highest BCUT2D eigenvalue weighted by molar-refractivity contribution is 7.11. The molecule has 0 bridgehead atoms. The Morgan fingerprint density at radius 2 is 2.15 bits per heavy atom. The van der Waals surface area contributed by atoms with Crippen molar-refractivity contribution in [3.63, 3.8) is 0 Å². The third-order valence-electron chi connectivity index (χ3n) is 4.62. The minimum absolute atomic E-state index is 0.631. The maximum atomic E-state index is 4.46. The van der Waals surface area contributed by atoms with Gasteiger partial charge in [-0.25, -0.2) is 0 Å². The Labute approximate surface area is 123 Å². The fourth-order valence-corrected chi connectivity index (χ4v) is 4.64. The SMILES string of the molecule is CCNCc1nnc(C2C3CCc4ccccc4C32)s1. The summed E-state index contributed by atoms with van der Waals surface area (Å²) >= 11 is 1.80. The summed E-state index contributed by atoms with van der Waals surface area (Å²) in [5.74, 6) is 2.15. The second kappa shape index (κ2) is 4.93. The Morgan fingerprint density at radius 3 is 3.05 bits per heavy atom. The lowest BCUT2D eigenvalue weighted by molar-refractivity contribution is 0.657. The molecule has 4 rings (SSSR count). The first kappa shape index (κ1) is 12.5. The van der Waals surface area contributed by atoms with Crippen LogP contribution in [0.5, 0.6) is 0 Å². The molecular weight excluding hydrogens is 266 g/mol. The van der Waals surface area contributed by atoms with Gasteiger partial charge in [-0.2, -0.15) is 0 Å². The zero-order valence-corrected chi connectivity index (χ0v) is 12.5. The van der Waals surface area contributed by atoms with Crippen LogP contribution in [0.3, 0.4) is 0 Å². The van der Waals surface area contributed by atoms with E-state index in [1.807, 2.05) is 0 Å². The summed E-state index contributed by atoms with van der Waals surface area (Å²) in [5, 5.41) is 14.5. The van der Waals surface area contributed by atoms with Gasteiger partial charge in [-0.15, -0.1) is 10.2 Å². The molecule has 2 aliphatic carbocycles. The molecule has 0 spiro atoms. The van der Waals surface area contributed by atoms with E-state index in [-0.39, 0.29) is 0 Å². The fourth-order valence-electron chi connectivity index (χ4n) is 3.61. The summed E-state index contributed by atoms with van der Waals surface area (Å²) in [4.78, 5) is 0. The lowest BCUT2D eigenvalue weighted by Crippen LogP contribution is -2.11. The molecule has 3 nitrogen and oxygen atoms in total. The van der Waals surface area contributed by atoms with Gasteiger partial charge in [0, 0.05) is 12.5 Å². The normalized spacial score (nSPS) is 26.9. The van der Waals surface area contributed by atoms with Crippen LogP contribution in [0.15, 0.2) is 24.3 Å². The molecule has 1 N–H and O–H groups in total. The second-order valence-corrected chi connectivity index (χ2v) is 6.86. The van der Waals surface area contributed by atoms with Gasteiger partial charge in [0.2, 0.25) is 0 Å². The van der Waals surface area contributed by atoms with E-state index < -0.39 is 0 Å². The van der Waals surface area contributed by atoms with Crippen molar-refractivity contribution in [3.05, 3.63) is 45.4 Å². The topological polar surface area (TPSA) is 37.8 Å². The largest absolute Gasteiger partial charge is 0.311 e. The maximum absolute atomic E-state index is 4.46. The minimum atomic E-state index is 0.631. The summed E-state index contributed by atoms with van der Waals surface area (Å²) < 4.78 is 0. The number of nitrogens with one attached hydrogen (secondary N) is 1. The van der Waals surface area contributed by atoms with Crippen LogP contribution in [0.2, 0.25) is 0 Å². The van der Waals surface area contributed by atoms with Crippen molar-refractivity contribution >= 4 is 11.3 Å². The van der Waals surface area contributed by atoms with Crippen molar-refractivity contribution in [3.8, 4) is 0 Å². The van der Waals surface area contributed by atoms with Gasteiger partial charge >= 0.3 is 0 Å². The third-order valence-corrected chi connectivity index (χ3v) is 5.65. The number of aromatic nitrogens is 2. The van der Waals surface area contributed by atoms with Gasteiger partial charge in [-0.1, -0.05) is 42.5 Å². The van der Waals surface area contributed by atoms with Crippen LogP contribution in [-0.4, -0.2) is 16.7 Å². The highest BCUT2D eigenvalue weighted by Crippen LogP contribution is 2.65. The predicted molar refractivity (Wildman–Crippen MR) is 81.0 cm³/mol. The van der Waals surface area contributed by atoms with E-state index in [0.29, 0.717) is 11.8 Å². The number of hydrogen-bond acceptors (Lipinski definition) is 4. The lowest BCUT2D eigenvalue weighted by Gasteiger charge is -2.13. The Balaban J connectivity index is 1.56. The zero-order valence-electron chi connectivity index (χ0n) is 11.7. The molecule has 3 atom stereocenters. The average molecular weight is 285 g/mol. The van der Waals surface area contributed by atoms with Crippen molar-refractivity contribution in [2.75, 3.05) is 6.54 Å². The summed E-state index contributed by atoms with van der Waals surface area (Å²) in [6, 6.07) is 8.94. The van der Waals surface area contributed by atoms with E-state index in [2.05, 4.69) is 46.7 Å². The average Bonchev–Trinajstić information content (AvgIpc) is 3.06. The molecule has 104 valence electrons. The Kier molecular flexibility index (Phi) is 3.08. The highest BCUT2D eigenvalue weighted by Gasteiger charge is 2.55. The van der Waals surface area contributed by atoms with Crippen LogP contribution in [0, 0.1) is 5.92 Å². The monoisotopic (exact) mass is 285 g/mol. The van der Waals surface area contributed by atoms with Gasteiger partial charge in [-0.05, 0) is 42.3 Å². The molecule has 1 heterocycles. The van der Waals surface area contributed by atoms with Gasteiger partial charge in [0.15, 0.2) is 0 Å². The van der Waals surface area contributed by atoms with Crippen LogP contribution in [0.25, 0.3) is 0 Å². The van der Waals surface area contributed by atoms with E-state index in [1.165, 1.54) is 17.8 Å². The fraction of sp³-hybridized carbons (Fsp3) is 0.500. The van der Waals surface area contributed by atoms with E-state index in [1.54, 1.807) is 22.5 Å². The van der Waals surface area contributed by atoms with Gasteiger partial charge in [0.25, 0.3) is 0 Å². The van der Waals surface area contributed by atoms with E-state index in [9.17, 15) is 0 Å². The van der Waals surface area contributed by atoms with Gasteiger partial charge < -0.3 is 5.32 Å². The first-order chi connectivity index (χ1) is 9.88. The molecule has 1 fully saturated rings. The first-order valence-corrected chi connectivity index (χ1v) is 8.31. The Hall–Kier alpha value is -1.26. The first-order valence-electron chi connectivity index (χ1n) is 7.49. The number of benzene rings is 1. The molecule has 0 amide bonds. The molecule has 2 aromatic rings. The van der Waals surface area contributed by atoms with Gasteiger partial charge in [0.1, 0.15) is 10.0 Å². The molecule has 1 aromatic carbocycles. The van der Waals surface area contributed by atoms with E-state index >= 15 is 0 Å². The molecule has 1 saturated carbocycles. The molecule has 4 heteroatoms. The number of aryl methyl sites for hydroxylation is 1. The van der Waals surface area contributed by atoms with Crippen LogP contribution < -0.4 is 5.32 Å². The van der Waals surface area contributed by atoms with Crippen molar-refractivity contribution in [2.24, 2.45) is 5.92 Å². The molecular formula is C16H19N3S. The molecule has 0 radical (unpaired) electrons. The Bertz CT molecular complexity index is 622. The van der Waals surface area contributed by atoms with E-state index in [0.717, 1.165) is 24.0 Å². The zero-order chi connectivity index (χ0) is 13.5. The highest BCUT2D eigenvalue weighted by atomic mass is 32.1. The van der Waals surface area contributed by atoms with Crippen molar-refractivity contribution in [1.29, 1.82) is 0 Å². The summed E-state index contributed by atoms with van der Waals surface area (Å²) in [6.45, 7) is 3.96. The van der Waals surface area contributed by atoms with Crippen molar-refractivity contribution < 1.29 is 0 Å². The molecule has 2 aliphatic rings. The van der Waals surface area contributed by atoms with E-state index in [4.69, 9.17) is 0 Å². The number of hydrogen-bond donors (Lipinski definition) is 1. The van der Waals surface area contributed by atoms with Crippen LogP contribution in [0.4, 0.5) is 0 Å². The number of fused-ring (bicyclic) bond motifs is 3. The molecule has 20 heavy (non-hydrogen) atoms. The molecule has 3 unspecified atom stereocenters. The minimum Gasteiger partial charge on any atom is -0.311 e. The van der Waals surface area contributed by atoms with Crippen LogP contribution in [0.1, 0.15) is 46.3 Å². The standard InChI is InChI=1S/C16H19N3S/c1-2-17-9-13-18-19-16(20-13)15-12-8-7-10-5-3-4-6-11(10)14(12)15/h3-6,12,14-15,17H,2,7-9H2,1H3. The van der Waals surface area contributed by atoms with Gasteiger partial charge in [-0.3, -0.25) is 0 Å². The number of nitrogens with zero attached hydrogens (tertiary/aromatic N) is 2. The summed E-state index contributed by atoms with van der Waals surface area (Å²) in [6.07, 6.45) is 2.55. The molecule has 1 aromatic heterocycles. The summed E-state index contributed by atoms with van der Waals surface area (Å²) in [5.41, 5.74) is 3.12. The summed E-state index contributed by atoms with van der Waals surface area (Å²) in [7, 11) is 0. The maximum Gasteiger partial charge on any atom is 0.131 e. The van der Waals surface area contributed by atoms with Crippen molar-refractivity contribution in [1.82, 2.24) is 15.5 Å². The van der Waals surface area contributed by atoms with Crippen molar-refractivity contribution in [2.45, 2.75) is 38.1 Å². The Morgan fingerprint density at radius 1 is 1.25 bits per heavy atom. The lowest BCUT2D eigenvalue weighted by atomic mass is 9.92. The second-order valence-electron chi connectivity index (χ2n) is 5.77. The quantitative estimate of drug-likeness (QED) is 0.938. The smallest absolute Gasteiger partial charge is 0.131 e. The molecule has 0 aliphatic heterocycles. The van der Waals surface area contributed by atoms with Crippen LogP contribution in [-0.2, 0) is 13.0 Å².